The molecule has 0 aliphatic carbocycles. The van der Waals surface area contributed by atoms with Gasteiger partial charge in [0.1, 0.15) is 6.17 Å². The lowest BCUT2D eigenvalue weighted by Gasteiger charge is -2.23. The Morgan fingerprint density at radius 1 is 1.10 bits per heavy atom. The highest BCUT2D eigenvalue weighted by molar-refractivity contribution is 5.85. The van der Waals surface area contributed by atoms with Crippen molar-refractivity contribution in [1.82, 2.24) is 5.32 Å². The highest BCUT2D eigenvalue weighted by atomic mass is 35.5. The molecule has 0 radical (unpaired) electrons. The highest BCUT2D eigenvalue weighted by Gasteiger charge is 2.32. The molecule has 2 atom stereocenters. The number of halogens is 2. The molecular weight excluding hydrogens is 153 g/mol. The Balaban J connectivity index is 0.000000500. The van der Waals surface area contributed by atoms with E-state index in [4.69, 9.17) is 0 Å². The number of hydrogen-bond donors (Lipinski definition) is 1. The lowest BCUT2D eigenvalue weighted by molar-refractivity contribution is 0.220. The van der Waals surface area contributed by atoms with Gasteiger partial charge in [0.05, 0.1) is 0 Å². The summed E-state index contributed by atoms with van der Waals surface area (Å²) in [6.07, 6.45) is 3.41. The van der Waals surface area contributed by atoms with Gasteiger partial charge in [-0.05, 0) is 25.7 Å². The minimum Gasteiger partial charge on any atom is -0.311 e. The third kappa shape index (κ3) is 1.43. The lowest BCUT2D eigenvalue weighted by atomic mass is 10.0. The molecule has 0 aromatic heterocycles. The second kappa shape index (κ2) is 3.05. The zero-order valence-electron chi connectivity index (χ0n) is 5.85. The molecule has 3 heteroatoms. The van der Waals surface area contributed by atoms with Gasteiger partial charge in [-0.3, -0.25) is 0 Å². The standard InChI is InChI=1S/C7H12FN.ClH/c8-5-3-6-1-2-7(4-5)9-6;/h5-7,9H,1-4H2;1H/t6-,7-;/m1./s1. The Morgan fingerprint density at radius 3 is 2.10 bits per heavy atom. The fraction of sp³-hybridized carbons (Fsp3) is 1.00. The van der Waals surface area contributed by atoms with Crippen LogP contribution in [0.5, 0.6) is 0 Å². The van der Waals surface area contributed by atoms with E-state index in [1.54, 1.807) is 0 Å². The van der Waals surface area contributed by atoms with Crippen molar-refractivity contribution in [3.63, 3.8) is 0 Å². The van der Waals surface area contributed by atoms with E-state index in [1.165, 1.54) is 12.8 Å². The first kappa shape index (κ1) is 8.28. The van der Waals surface area contributed by atoms with Crippen molar-refractivity contribution >= 4 is 12.4 Å². The van der Waals surface area contributed by atoms with Crippen molar-refractivity contribution < 1.29 is 4.39 Å². The van der Waals surface area contributed by atoms with Gasteiger partial charge < -0.3 is 5.32 Å². The van der Waals surface area contributed by atoms with Crippen molar-refractivity contribution in [3.05, 3.63) is 0 Å². The lowest BCUT2D eigenvalue weighted by Crippen LogP contribution is -2.38. The number of rotatable bonds is 0. The molecule has 2 saturated heterocycles. The third-order valence-corrected chi connectivity index (χ3v) is 2.42. The first-order valence-electron chi connectivity index (χ1n) is 3.75. The van der Waals surface area contributed by atoms with Crippen LogP contribution in [0.1, 0.15) is 25.7 Å². The molecule has 2 heterocycles. The molecule has 2 rings (SSSR count). The summed E-state index contributed by atoms with van der Waals surface area (Å²) < 4.78 is 12.7. The Kier molecular flexibility index (Phi) is 2.53. The van der Waals surface area contributed by atoms with Crippen LogP contribution >= 0.6 is 12.4 Å². The number of piperidine rings is 1. The predicted molar refractivity (Wildman–Crippen MR) is 41.3 cm³/mol. The number of fused-ring (bicyclic) bond motifs is 2. The average molecular weight is 166 g/mol. The van der Waals surface area contributed by atoms with Crippen molar-refractivity contribution in [2.75, 3.05) is 0 Å². The largest absolute Gasteiger partial charge is 0.311 e. The molecule has 10 heavy (non-hydrogen) atoms. The highest BCUT2D eigenvalue weighted by Crippen LogP contribution is 2.28. The molecular formula is C7H13ClFN. The smallest absolute Gasteiger partial charge is 0.103 e. The zero-order valence-corrected chi connectivity index (χ0v) is 6.66. The normalized spacial score (nSPS) is 44.7. The van der Waals surface area contributed by atoms with Crippen LogP contribution in [-0.2, 0) is 0 Å². The van der Waals surface area contributed by atoms with Gasteiger partial charge in [0.25, 0.3) is 0 Å². The van der Waals surface area contributed by atoms with Gasteiger partial charge in [0.2, 0.25) is 0 Å². The van der Waals surface area contributed by atoms with Crippen LogP contribution in [0.25, 0.3) is 0 Å². The van der Waals surface area contributed by atoms with Crippen LogP contribution in [0, 0.1) is 0 Å². The third-order valence-electron chi connectivity index (χ3n) is 2.42. The molecule has 2 bridgehead atoms. The van der Waals surface area contributed by atoms with E-state index >= 15 is 0 Å². The first-order valence-corrected chi connectivity index (χ1v) is 3.75. The number of hydrogen-bond acceptors (Lipinski definition) is 1. The van der Waals surface area contributed by atoms with Crippen molar-refractivity contribution in [2.24, 2.45) is 0 Å². The van der Waals surface area contributed by atoms with E-state index in [0.29, 0.717) is 12.1 Å². The fourth-order valence-corrected chi connectivity index (χ4v) is 1.99. The summed E-state index contributed by atoms with van der Waals surface area (Å²) in [4.78, 5) is 0. The van der Waals surface area contributed by atoms with E-state index < -0.39 is 6.17 Å². The summed E-state index contributed by atoms with van der Waals surface area (Å²) in [7, 11) is 0. The summed E-state index contributed by atoms with van der Waals surface area (Å²) in [6, 6.07) is 1.03. The maximum atomic E-state index is 12.7. The van der Waals surface area contributed by atoms with E-state index in [9.17, 15) is 4.39 Å². The Morgan fingerprint density at radius 2 is 1.60 bits per heavy atom. The molecule has 2 fully saturated rings. The van der Waals surface area contributed by atoms with Crippen LogP contribution in [0.3, 0.4) is 0 Å². The van der Waals surface area contributed by atoms with Gasteiger partial charge in [0.15, 0.2) is 0 Å². The number of nitrogens with one attached hydrogen (secondary N) is 1. The van der Waals surface area contributed by atoms with Crippen molar-refractivity contribution in [1.29, 1.82) is 0 Å². The van der Waals surface area contributed by atoms with Crippen molar-refractivity contribution in [2.45, 2.75) is 43.9 Å². The van der Waals surface area contributed by atoms with Crippen molar-refractivity contribution in [3.8, 4) is 0 Å². The first-order chi connectivity index (χ1) is 4.34. The van der Waals surface area contributed by atoms with E-state index in [1.807, 2.05) is 0 Å². The summed E-state index contributed by atoms with van der Waals surface area (Å²) >= 11 is 0. The summed E-state index contributed by atoms with van der Waals surface area (Å²) in [5, 5.41) is 3.38. The quantitative estimate of drug-likeness (QED) is 0.576. The van der Waals surface area contributed by atoms with Crippen LogP contribution in [0.2, 0.25) is 0 Å². The van der Waals surface area contributed by atoms with Crippen LogP contribution in [0.15, 0.2) is 0 Å². The Bertz CT molecular complexity index is 108. The van der Waals surface area contributed by atoms with Crippen LogP contribution in [-0.4, -0.2) is 18.3 Å². The molecule has 0 amide bonds. The monoisotopic (exact) mass is 165 g/mol. The molecule has 1 N–H and O–H groups in total. The fourth-order valence-electron chi connectivity index (χ4n) is 1.99. The Hall–Kier alpha value is 0.180. The number of alkyl halides is 1. The van der Waals surface area contributed by atoms with Gasteiger partial charge >= 0.3 is 0 Å². The molecule has 0 spiro atoms. The van der Waals surface area contributed by atoms with Crippen LogP contribution < -0.4 is 5.32 Å². The van der Waals surface area contributed by atoms with Crippen LogP contribution in [0.4, 0.5) is 4.39 Å². The van der Waals surface area contributed by atoms with E-state index in [-0.39, 0.29) is 12.4 Å². The average Bonchev–Trinajstić information content (AvgIpc) is 2.11. The van der Waals surface area contributed by atoms with E-state index in [2.05, 4.69) is 5.32 Å². The van der Waals surface area contributed by atoms with Gasteiger partial charge in [0, 0.05) is 12.1 Å². The van der Waals surface area contributed by atoms with Gasteiger partial charge in [-0.25, -0.2) is 4.39 Å². The summed E-state index contributed by atoms with van der Waals surface area (Å²) in [5.74, 6) is 0. The maximum Gasteiger partial charge on any atom is 0.103 e. The predicted octanol–water partition coefficient (Wildman–Crippen LogP) is 1.66. The van der Waals surface area contributed by atoms with Gasteiger partial charge in [-0.2, -0.15) is 0 Å². The van der Waals surface area contributed by atoms with Gasteiger partial charge in [-0.15, -0.1) is 12.4 Å². The molecule has 2 aliphatic rings. The molecule has 0 saturated carbocycles. The molecule has 60 valence electrons. The second-order valence-electron chi connectivity index (χ2n) is 3.21. The summed E-state index contributed by atoms with van der Waals surface area (Å²) in [6.45, 7) is 0. The van der Waals surface area contributed by atoms with Gasteiger partial charge in [-0.1, -0.05) is 0 Å². The Labute approximate surface area is 66.8 Å². The minimum atomic E-state index is -0.510. The maximum absolute atomic E-state index is 12.7. The molecule has 1 nitrogen and oxygen atoms in total. The zero-order chi connectivity index (χ0) is 6.27. The molecule has 0 aromatic carbocycles. The molecule has 2 aliphatic heterocycles. The SMILES string of the molecule is Cl.FC1C[C@H]2CC[C@H](C1)N2. The minimum absolute atomic E-state index is 0. The topological polar surface area (TPSA) is 12.0 Å². The van der Waals surface area contributed by atoms with E-state index in [0.717, 1.165) is 12.8 Å². The molecule has 0 aromatic rings. The second-order valence-corrected chi connectivity index (χ2v) is 3.21. The summed E-state index contributed by atoms with van der Waals surface area (Å²) in [5.41, 5.74) is 0. The molecule has 0 unspecified atom stereocenters.